The molecule has 3 amide bonds. The van der Waals surface area contributed by atoms with Crippen LogP contribution in [0, 0.1) is 0 Å². The van der Waals surface area contributed by atoms with Gasteiger partial charge in [0.15, 0.2) is 12.4 Å². The van der Waals surface area contributed by atoms with Crippen molar-refractivity contribution in [3.05, 3.63) is 53.6 Å². The van der Waals surface area contributed by atoms with Gasteiger partial charge >= 0.3 is 12.2 Å². The van der Waals surface area contributed by atoms with E-state index in [1.54, 1.807) is 18.2 Å². The molecule has 26 heavy (non-hydrogen) atoms. The summed E-state index contributed by atoms with van der Waals surface area (Å²) in [5, 5.41) is 7.75. The summed E-state index contributed by atoms with van der Waals surface area (Å²) >= 11 is 0. The summed E-state index contributed by atoms with van der Waals surface area (Å²) in [6.45, 7) is -0.102. The number of hydrogen-bond donors (Lipinski definition) is 3. The molecule has 2 aromatic carbocycles. The number of hydrogen-bond acceptors (Lipinski definition) is 3. The molecule has 3 N–H and O–H groups in total. The molecule has 1 heterocycles. The number of ether oxygens (including phenoxy) is 1. The Balaban J connectivity index is 1.60. The first-order valence-electron chi connectivity index (χ1n) is 7.59. The summed E-state index contributed by atoms with van der Waals surface area (Å²) in [4.78, 5) is 23.3. The molecule has 0 fully saturated rings. The zero-order valence-corrected chi connectivity index (χ0v) is 13.3. The molecule has 2 aromatic rings. The highest BCUT2D eigenvalue weighted by Crippen LogP contribution is 2.35. The smallest absolute Gasteiger partial charge is 0.416 e. The zero-order chi connectivity index (χ0) is 18.7. The Hall–Kier alpha value is -3.23. The van der Waals surface area contributed by atoms with Crippen molar-refractivity contribution in [3.63, 3.8) is 0 Å². The number of benzene rings is 2. The van der Waals surface area contributed by atoms with Crippen molar-refractivity contribution in [2.45, 2.75) is 12.7 Å². The summed E-state index contributed by atoms with van der Waals surface area (Å²) in [6.07, 6.45) is -4.40. The fourth-order valence-electron chi connectivity index (χ4n) is 2.37. The largest absolute Gasteiger partial charge is 0.479 e. The number of alkyl halides is 3. The van der Waals surface area contributed by atoms with Crippen LogP contribution >= 0.6 is 0 Å². The maximum absolute atomic E-state index is 12.5. The minimum Gasteiger partial charge on any atom is -0.479 e. The average Bonchev–Trinajstić information content (AvgIpc) is 2.59. The zero-order valence-electron chi connectivity index (χ0n) is 13.3. The summed E-state index contributed by atoms with van der Waals surface area (Å²) in [5.41, 5.74) is 0.585. The lowest BCUT2D eigenvalue weighted by Gasteiger charge is -2.20. The molecule has 0 spiro atoms. The van der Waals surface area contributed by atoms with E-state index in [1.165, 1.54) is 12.1 Å². The van der Waals surface area contributed by atoms with Gasteiger partial charge in [0, 0.05) is 6.54 Å². The number of carbonyl (C=O) groups excluding carboxylic acids is 2. The van der Waals surface area contributed by atoms with E-state index in [4.69, 9.17) is 4.74 Å². The molecule has 3 rings (SSSR count). The van der Waals surface area contributed by atoms with Gasteiger partial charge in [0.2, 0.25) is 0 Å². The molecule has 1 aliphatic rings. The summed E-state index contributed by atoms with van der Waals surface area (Å²) in [7, 11) is 0. The van der Waals surface area contributed by atoms with Gasteiger partial charge in [-0.25, -0.2) is 4.79 Å². The number of anilines is 2. The van der Waals surface area contributed by atoms with Crippen LogP contribution in [0.1, 0.15) is 11.1 Å². The van der Waals surface area contributed by atoms with Gasteiger partial charge in [0.1, 0.15) is 0 Å². The van der Waals surface area contributed by atoms with Crippen LogP contribution in [0.5, 0.6) is 5.75 Å². The molecular formula is C17H14F3N3O3. The SMILES string of the molecule is O=C1COc2c(cccc2NC(=O)NCc2ccc(C(F)(F)F)cc2)N1. The fourth-order valence-corrected chi connectivity index (χ4v) is 2.37. The van der Waals surface area contributed by atoms with E-state index in [9.17, 15) is 22.8 Å². The maximum Gasteiger partial charge on any atom is 0.416 e. The predicted molar refractivity (Wildman–Crippen MR) is 87.9 cm³/mol. The summed E-state index contributed by atoms with van der Waals surface area (Å²) in [5.74, 6) is 0.0539. The third-order valence-corrected chi connectivity index (χ3v) is 3.62. The van der Waals surface area contributed by atoms with Gasteiger partial charge in [-0.15, -0.1) is 0 Å². The van der Waals surface area contributed by atoms with Gasteiger partial charge in [-0.1, -0.05) is 18.2 Å². The van der Waals surface area contributed by atoms with Gasteiger partial charge in [0.05, 0.1) is 16.9 Å². The maximum atomic E-state index is 12.5. The Morgan fingerprint density at radius 3 is 2.58 bits per heavy atom. The van der Waals surface area contributed by atoms with Crippen LogP contribution in [0.2, 0.25) is 0 Å². The number of carbonyl (C=O) groups is 2. The molecule has 0 saturated carbocycles. The predicted octanol–water partition coefficient (Wildman–Crippen LogP) is 3.36. The Morgan fingerprint density at radius 1 is 1.15 bits per heavy atom. The van der Waals surface area contributed by atoms with Crippen molar-refractivity contribution < 1.29 is 27.5 Å². The van der Waals surface area contributed by atoms with E-state index in [2.05, 4.69) is 16.0 Å². The molecule has 0 aliphatic carbocycles. The number of halogens is 3. The summed E-state index contributed by atoms with van der Waals surface area (Å²) < 4.78 is 42.9. The Kier molecular flexibility index (Phi) is 4.70. The third kappa shape index (κ3) is 4.05. The van der Waals surface area contributed by atoms with Gasteiger partial charge in [-0.2, -0.15) is 13.2 Å². The minimum absolute atomic E-state index is 0.0522. The molecule has 136 valence electrons. The number of rotatable bonds is 3. The topological polar surface area (TPSA) is 79.5 Å². The van der Waals surface area contributed by atoms with Gasteiger partial charge in [0.25, 0.3) is 5.91 Å². The molecule has 9 heteroatoms. The molecule has 0 bridgehead atoms. The first kappa shape index (κ1) is 17.6. The normalized spacial score (nSPS) is 13.3. The number of fused-ring (bicyclic) bond motifs is 1. The molecule has 1 aliphatic heterocycles. The highest BCUT2D eigenvalue weighted by atomic mass is 19.4. The van der Waals surface area contributed by atoms with Gasteiger partial charge in [-0.05, 0) is 29.8 Å². The highest BCUT2D eigenvalue weighted by Gasteiger charge is 2.29. The quantitative estimate of drug-likeness (QED) is 0.780. The van der Waals surface area contributed by atoms with Gasteiger partial charge < -0.3 is 20.7 Å². The van der Waals surface area contributed by atoms with Crippen molar-refractivity contribution in [2.24, 2.45) is 0 Å². The highest BCUT2D eigenvalue weighted by molar-refractivity contribution is 5.99. The van der Waals surface area contributed by atoms with Crippen molar-refractivity contribution in [2.75, 3.05) is 17.2 Å². The molecule has 0 atom stereocenters. The number of urea groups is 1. The Morgan fingerprint density at radius 2 is 1.88 bits per heavy atom. The first-order chi connectivity index (χ1) is 12.3. The molecule has 0 unspecified atom stereocenters. The van der Waals surface area contributed by atoms with Crippen molar-refractivity contribution in [3.8, 4) is 5.75 Å². The molecular weight excluding hydrogens is 351 g/mol. The van der Waals surface area contributed by atoms with Gasteiger partial charge in [-0.3, -0.25) is 4.79 Å². The first-order valence-corrected chi connectivity index (χ1v) is 7.59. The van der Waals surface area contributed by atoms with E-state index in [0.29, 0.717) is 22.7 Å². The monoisotopic (exact) mass is 365 g/mol. The van der Waals surface area contributed by atoms with Crippen LogP contribution in [-0.4, -0.2) is 18.5 Å². The molecule has 0 saturated heterocycles. The van der Waals surface area contributed by atoms with Crippen molar-refractivity contribution in [1.29, 1.82) is 0 Å². The van der Waals surface area contributed by atoms with E-state index in [1.807, 2.05) is 0 Å². The van der Waals surface area contributed by atoms with E-state index >= 15 is 0 Å². The van der Waals surface area contributed by atoms with Crippen LogP contribution < -0.4 is 20.7 Å². The number of para-hydroxylation sites is 1. The lowest BCUT2D eigenvalue weighted by atomic mass is 10.1. The molecule has 6 nitrogen and oxygen atoms in total. The second-order valence-corrected chi connectivity index (χ2v) is 5.52. The van der Waals surface area contributed by atoms with Crippen molar-refractivity contribution >= 4 is 23.3 Å². The summed E-state index contributed by atoms with van der Waals surface area (Å²) in [6, 6.07) is 8.83. The Labute approximate surface area is 146 Å². The van der Waals surface area contributed by atoms with E-state index < -0.39 is 17.8 Å². The molecule has 0 radical (unpaired) electrons. The lowest BCUT2D eigenvalue weighted by Crippen LogP contribution is -2.30. The van der Waals surface area contributed by atoms with E-state index in [0.717, 1.165) is 12.1 Å². The second kappa shape index (κ2) is 6.95. The van der Waals surface area contributed by atoms with Crippen LogP contribution in [0.4, 0.5) is 29.3 Å². The van der Waals surface area contributed by atoms with Crippen LogP contribution in [0.25, 0.3) is 0 Å². The van der Waals surface area contributed by atoms with Crippen LogP contribution in [-0.2, 0) is 17.5 Å². The Bertz CT molecular complexity index is 835. The van der Waals surface area contributed by atoms with Crippen LogP contribution in [0.3, 0.4) is 0 Å². The number of amides is 3. The van der Waals surface area contributed by atoms with Crippen molar-refractivity contribution in [1.82, 2.24) is 5.32 Å². The second-order valence-electron chi connectivity index (χ2n) is 5.52. The molecule has 0 aromatic heterocycles. The van der Waals surface area contributed by atoms with E-state index in [-0.39, 0.29) is 19.1 Å². The van der Waals surface area contributed by atoms with Crippen LogP contribution in [0.15, 0.2) is 42.5 Å². The fraction of sp³-hybridized carbons (Fsp3) is 0.176. The minimum atomic E-state index is -4.40. The standard InChI is InChI=1S/C17H14F3N3O3/c18-17(19,20)11-6-4-10(5-7-11)8-21-16(25)23-13-3-1-2-12-15(13)26-9-14(24)22-12/h1-7H,8-9H2,(H,22,24)(H2,21,23,25). The number of nitrogens with one attached hydrogen (secondary N) is 3. The average molecular weight is 365 g/mol. The lowest BCUT2D eigenvalue weighted by molar-refractivity contribution is -0.137. The third-order valence-electron chi connectivity index (χ3n) is 3.62.